The molecule has 0 saturated carbocycles. The third-order valence-corrected chi connectivity index (χ3v) is 5.33. The van der Waals surface area contributed by atoms with Gasteiger partial charge in [-0.2, -0.15) is 10.4 Å². The highest BCUT2D eigenvalue weighted by Crippen LogP contribution is 2.50. The highest BCUT2D eigenvalue weighted by atomic mass is 35.5. The van der Waals surface area contributed by atoms with E-state index in [1.54, 1.807) is 41.7 Å². The predicted octanol–water partition coefficient (Wildman–Crippen LogP) is 2.54. The number of rotatable bonds is 6. The fraction of sp³-hybridized carbons (Fsp3) is 0.571. The predicted molar refractivity (Wildman–Crippen MR) is 119 cm³/mol. The van der Waals surface area contributed by atoms with E-state index in [0.717, 1.165) is 0 Å². The monoisotopic (exact) mass is 492 g/mol. The molecule has 0 bridgehead atoms. The molecule has 5 atom stereocenters. The topological polar surface area (TPSA) is 133 Å². The Hall–Kier alpha value is -2.98. The van der Waals surface area contributed by atoms with Gasteiger partial charge in [-0.15, -0.1) is 0 Å². The van der Waals surface area contributed by atoms with E-state index in [1.807, 2.05) is 14.1 Å². The minimum atomic E-state index is -1.65. The number of carbonyl (C=O) groups excluding carboxylic acids is 1. The SMILES string of the molecule is CC(Cl)OC(=O)OC[C@@]1(C#N)O[C@@H](c2ccc3c(/N=C\N(C)C)ncnn23)[C@@H]2OC(C)(C)O[C@@H]21. The second-order valence-electron chi connectivity index (χ2n) is 8.61. The molecule has 13 heteroatoms. The summed E-state index contributed by atoms with van der Waals surface area (Å²) in [5, 5.41) is 14.4. The van der Waals surface area contributed by atoms with Crippen LogP contribution in [0.2, 0.25) is 0 Å². The van der Waals surface area contributed by atoms with E-state index >= 15 is 0 Å². The zero-order valence-corrected chi connectivity index (χ0v) is 20.1. The molecule has 0 radical (unpaired) electrons. The molecule has 2 aromatic heterocycles. The van der Waals surface area contributed by atoms with Crippen molar-refractivity contribution in [2.24, 2.45) is 4.99 Å². The van der Waals surface area contributed by atoms with Crippen LogP contribution in [0.15, 0.2) is 23.5 Å². The number of hydrogen-bond acceptors (Lipinski definition) is 10. The third-order valence-electron chi connectivity index (χ3n) is 5.24. The van der Waals surface area contributed by atoms with Gasteiger partial charge in [0.15, 0.2) is 17.2 Å². The van der Waals surface area contributed by atoms with Crippen LogP contribution in [0.1, 0.15) is 32.6 Å². The first kappa shape index (κ1) is 24.2. The molecule has 2 aliphatic rings. The summed E-state index contributed by atoms with van der Waals surface area (Å²) in [6, 6.07) is 5.72. The number of aromatic nitrogens is 3. The maximum atomic E-state index is 11.9. The Bertz CT molecular complexity index is 1140. The normalized spacial score (nSPS) is 28.6. The average Bonchev–Trinajstić information content (AvgIpc) is 3.40. The molecule has 0 N–H and O–H groups in total. The van der Waals surface area contributed by atoms with Gasteiger partial charge in [0.1, 0.15) is 42.8 Å². The van der Waals surface area contributed by atoms with Crippen molar-refractivity contribution in [2.75, 3.05) is 20.7 Å². The molecule has 1 unspecified atom stereocenters. The zero-order valence-electron chi connectivity index (χ0n) is 19.3. The standard InChI is InChI=1S/C21H25ClN6O6/c1-12(22)31-19(29)30-9-21(8-23)17-16(32-20(2,3)34-17)15(33-21)13-6-7-14-18(25-11-27(4)5)24-10-26-28(13)14/h6-7,10-12,15-17H,9H2,1-5H3/b25-11-/t12?,15-,16-,17-,21+/m0/s1. The highest BCUT2D eigenvalue weighted by molar-refractivity contribution is 6.19. The summed E-state index contributed by atoms with van der Waals surface area (Å²) in [4.78, 5) is 22.3. The van der Waals surface area contributed by atoms with Crippen molar-refractivity contribution in [3.8, 4) is 6.07 Å². The number of carbonyl (C=O) groups is 1. The maximum absolute atomic E-state index is 11.9. The second kappa shape index (κ2) is 8.99. The molecule has 2 saturated heterocycles. The zero-order chi connectivity index (χ0) is 24.7. The third kappa shape index (κ3) is 4.52. The Kier molecular flexibility index (Phi) is 6.39. The second-order valence-corrected chi connectivity index (χ2v) is 9.22. The molecule has 4 heterocycles. The first-order valence-corrected chi connectivity index (χ1v) is 10.9. The van der Waals surface area contributed by atoms with Gasteiger partial charge in [0, 0.05) is 14.1 Å². The summed E-state index contributed by atoms with van der Waals surface area (Å²) >= 11 is 5.67. The quantitative estimate of drug-likeness (QED) is 0.256. The van der Waals surface area contributed by atoms with Gasteiger partial charge in [0.2, 0.25) is 5.60 Å². The molecule has 12 nitrogen and oxygen atoms in total. The van der Waals surface area contributed by atoms with E-state index in [2.05, 4.69) is 21.1 Å². The van der Waals surface area contributed by atoms with E-state index in [4.69, 9.17) is 35.3 Å². The number of nitriles is 1. The van der Waals surface area contributed by atoms with E-state index < -0.39 is 48.0 Å². The fourth-order valence-electron chi connectivity index (χ4n) is 3.96. The molecule has 0 aromatic carbocycles. The molecule has 0 spiro atoms. The smallest absolute Gasteiger partial charge is 0.430 e. The molecule has 2 fully saturated rings. The van der Waals surface area contributed by atoms with E-state index in [1.165, 1.54) is 13.3 Å². The number of halogens is 1. The van der Waals surface area contributed by atoms with Crippen LogP contribution in [0.5, 0.6) is 0 Å². The Balaban J connectivity index is 1.69. The minimum absolute atomic E-state index is 0.445. The first-order valence-electron chi connectivity index (χ1n) is 10.5. The van der Waals surface area contributed by atoms with Crippen molar-refractivity contribution in [1.82, 2.24) is 19.5 Å². The number of fused-ring (bicyclic) bond motifs is 2. The van der Waals surface area contributed by atoms with Gasteiger partial charge in [-0.05, 0) is 32.9 Å². The average molecular weight is 493 g/mol. The van der Waals surface area contributed by atoms with Gasteiger partial charge in [-0.25, -0.2) is 19.3 Å². The van der Waals surface area contributed by atoms with Crippen molar-refractivity contribution < 1.29 is 28.5 Å². The van der Waals surface area contributed by atoms with E-state index in [-0.39, 0.29) is 0 Å². The largest absolute Gasteiger partial charge is 0.509 e. The highest BCUT2D eigenvalue weighted by Gasteiger charge is 2.65. The summed E-state index contributed by atoms with van der Waals surface area (Å²) in [6.07, 6.45) is -0.304. The molecule has 182 valence electrons. The van der Waals surface area contributed by atoms with E-state index in [0.29, 0.717) is 17.0 Å². The Labute approximate surface area is 201 Å². The van der Waals surface area contributed by atoms with E-state index in [9.17, 15) is 10.1 Å². The van der Waals surface area contributed by atoms with Crippen LogP contribution in [0.25, 0.3) is 5.52 Å². The van der Waals surface area contributed by atoms with Crippen molar-refractivity contribution in [2.45, 2.75) is 56.0 Å². The van der Waals surface area contributed by atoms with Crippen molar-refractivity contribution >= 4 is 35.4 Å². The van der Waals surface area contributed by atoms with Crippen LogP contribution in [-0.4, -0.2) is 81.9 Å². The molecular formula is C21H25ClN6O6. The summed E-state index contributed by atoms with van der Waals surface area (Å²) < 4.78 is 29.9. The summed E-state index contributed by atoms with van der Waals surface area (Å²) in [5.41, 5.74) is -1.30. The van der Waals surface area contributed by atoms with Gasteiger partial charge in [0.05, 0.1) is 12.0 Å². The van der Waals surface area contributed by atoms with Gasteiger partial charge in [-0.3, -0.25) is 0 Å². The lowest BCUT2D eigenvalue weighted by Gasteiger charge is -2.28. The lowest BCUT2D eigenvalue weighted by atomic mass is 9.96. The van der Waals surface area contributed by atoms with Crippen molar-refractivity contribution in [3.63, 3.8) is 0 Å². The Morgan fingerprint density at radius 2 is 2.18 bits per heavy atom. The van der Waals surface area contributed by atoms with Crippen LogP contribution < -0.4 is 0 Å². The molecule has 34 heavy (non-hydrogen) atoms. The van der Waals surface area contributed by atoms with Gasteiger partial charge >= 0.3 is 6.16 Å². The van der Waals surface area contributed by atoms with Crippen LogP contribution >= 0.6 is 11.6 Å². The summed E-state index contributed by atoms with van der Waals surface area (Å²) in [6.45, 7) is 4.50. The lowest BCUT2D eigenvalue weighted by Crippen LogP contribution is -2.46. The van der Waals surface area contributed by atoms with Crippen molar-refractivity contribution in [3.05, 3.63) is 24.2 Å². The van der Waals surface area contributed by atoms with Crippen LogP contribution in [0.4, 0.5) is 10.6 Å². The van der Waals surface area contributed by atoms with Crippen LogP contribution in [-0.2, 0) is 23.7 Å². The number of hydrogen-bond donors (Lipinski definition) is 0. The van der Waals surface area contributed by atoms with Crippen LogP contribution in [0, 0.1) is 11.3 Å². The summed E-state index contributed by atoms with van der Waals surface area (Å²) in [7, 11) is 3.70. The molecular weight excluding hydrogens is 468 g/mol. The molecule has 0 aliphatic carbocycles. The Morgan fingerprint density at radius 3 is 2.85 bits per heavy atom. The van der Waals surface area contributed by atoms with Gasteiger partial charge < -0.3 is 28.6 Å². The minimum Gasteiger partial charge on any atom is -0.430 e. The molecule has 2 aromatic rings. The van der Waals surface area contributed by atoms with Crippen molar-refractivity contribution in [1.29, 1.82) is 5.26 Å². The Morgan fingerprint density at radius 1 is 1.41 bits per heavy atom. The fourth-order valence-corrected chi connectivity index (χ4v) is 4.03. The van der Waals surface area contributed by atoms with Gasteiger partial charge in [0.25, 0.3) is 0 Å². The first-order chi connectivity index (χ1) is 16.0. The maximum Gasteiger partial charge on any atom is 0.509 e. The number of ether oxygens (including phenoxy) is 5. The molecule has 2 aliphatic heterocycles. The lowest BCUT2D eigenvalue weighted by molar-refractivity contribution is -0.205. The summed E-state index contributed by atoms with van der Waals surface area (Å²) in [5.74, 6) is -0.533. The molecule has 0 amide bonds. The van der Waals surface area contributed by atoms with Crippen LogP contribution in [0.3, 0.4) is 0 Å². The van der Waals surface area contributed by atoms with Gasteiger partial charge in [-0.1, -0.05) is 11.6 Å². The molecule has 4 rings (SSSR count). The number of aliphatic imine (C=N–C) groups is 1. The number of alkyl halides is 1. The number of nitrogens with zero attached hydrogens (tertiary/aromatic N) is 6.